The Bertz CT molecular complexity index is 508. The lowest BCUT2D eigenvalue weighted by molar-refractivity contribution is 0.0497. The Balaban J connectivity index is 2.23. The molecule has 1 aromatic rings. The van der Waals surface area contributed by atoms with Crippen LogP contribution in [-0.2, 0) is 9.30 Å². The second-order valence-corrected chi connectivity index (χ2v) is 6.53. The largest absolute Gasteiger partial charge is 0.524 e. The summed E-state index contributed by atoms with van der Waals surface area (Å²) in [5, 5.41) is 0. The highest BCUT2D eigenvalue weighted by Crippen LogP contribution is 2.37. The number of phosphoric acid groups is 1. The first-order chi connectivity index (χ1) is 10.9. The maximum atomic E-state index is 11.8. The van der Waals surface area contributed by atoms with Crippen molar-refractivity contribution in [2.45, 2.75) is 51.9 Å². The van der Waals surface area contributed by atoms with Gasteiger partial charge in [-0.15, -0.1) is 0 Å². The number of rotatable bonds is 11. The molecule has 0 atom stereocenters. The molecule has 7 heteroatoms. The maximum absolute atomic E-state index is 11.8. The van der Waals surface area contributed by atoms with E-state index >= 15 is 0 Å². The number of carbonyl (C=O) groups excluding carboxylic acids is 1. The summed E-state index contributed by atoms with van der Waals surface area (Å²) in [6.07, 6.45) is 8.05. The molecule has 2 N–H and O–H groups in total. The molecule has 130 valence electrons. The Kier molecular flexibility index (Phi) is 8.92. The zero-order valence-corrected chi connectivity index (χ0v) is 14.3. The van der Waals surface area contributed by atoms with Crippen LogP contribution in [0.5, 0.6) is 5.75 Å². The number of benzene rings is 1. The van der Waals surface area contributed by atoms with Gasteiger partial charge >= 0.3 is 13.8 Å². The number of hydrogen-bond donors (Lipinski definition) is 2. The average molecular weight is 344 g/mol. The summed E-state index contributed by atoms with van der Waals surface area (Å²) in [5.41, 5.74) is 0.325. The van der Waals surface area contributed by atoms with Gasteiger partial charge < -0.3 is 9.26 Å². The smallest absolute Gasteiger partial charge is 0.462 e. The van der Waals surface area contributed by atoms with Crippen molar-refractivity contribution in [2.75, 3.05) is 6.61 Å². The molecule has 0 amide bonds. The summed E-state index contributed by atoms with van der Waals surface area (Å²) in [7, 11) is -4.58. The van der Waals surface area contributed by atoms with Gasteiger partial charge in [-0.1, -0.05) is 45.4 Å². The normalized spacial score (nSPS) is 11.3. The van der Waals surface area contributed by atoms with Crippen molar-refractivity contribution in [1.82, 2.24) is 0 Å². The van der Waals surface area contributed by atoms with Gasteiger partial charge in [0.2, 0.25) is 0 Å². The van der Waals surface area contributed by atoms with Gasteiger partial charge in [-0.3, -0.25) is 9.79 Å². The predicted octanol–water partition coefficient (Wildman–Crippen LogP) is 4.07. The fourth-order valence-corrected chi connectivity index (χ4v) is 2.49. The highest BCUT2D eigenvalue weighted by Gasteiger charge is 2.16. The van der Waals surface area contributed by atoms with Crippen LogP contribution in [0.15, 0.2) is 24.3 Å². The number of unbranched alkanes of at least 4 members (excludes halogenated alkanes) is 6. The molecule has 23 heavy (non-hydrogen) atoms. The van der Waals surface area contributed by atoms with Crippen molar-refractivity contribution in [3.05, 3.63) is 29.8 Å². The molecule has 0 radical (unpaired) electrons. The van der Waals surface area contributed by atoms with E-state index in [1.807, 2.05) is 0 Å². The first-order valence-electron chi connectivity index (χ1n) is 7.94. The van der Waals surface area contributed by atoms with Gasteiger partial charge in [0, 0.05) is 0 Å². The van der Waals surface area contributed by atoms with E-state index in [1.165, 1.54) is 49.9 Å². The second-order valence-electron chi connectivity index (χ2n) is 5.36. The first-order valence-corrected chi connectivity index (χ1v) is 9.47. The highest BCUT2D eigenvalue weighted by atomic mass is 31.2. The average Bonchev–Trinajstić information content (AvgIpc) is 2.49. The number of ether oxygens (including phenoxy) is 1. The molecule has 0 fully saturated rings. The summed E-state index contributed by atoms with van der Waals surface area (Å²) >= 11 is 0. The zero-order valence-electron chi connectivity index (χ0n) is 13.4. The van der Waals surface area contributed by atoms with Crippen molar-refractivity contribution in [3.63, 3.8) is 0 Å². The van der Waals surface area contributed by atoms with Crippen molar-refractivity contribution in [2.24, 2.45) is 0 Å². The fourth-order valence-electron chi connectivity index (χ4n) is 2.10. The van der Waals surface area contributed by atoms with Crippen molar-refractivity contribution >= 4 is 13.8 Å². The Morgan fingerprint density at radius 3 is 2.13 bits per heavy atom. The quantitative estimate of drug-likeness (QED) is 0.357. The molecule has 0 aliphatic carbocycles. The molecule has 0 unspecified atom stereocenters. The van der Waals surface area contributed by atoms with E-state index in [1.54, 1.807) is 0 Å². The van der Waals surface area contributed by atoms with Crippen LogP contribution in [0.2, 0.25) is 0 Å². The number of hydrogen-bond acceptors (Lipinski definition) is 4. The molecule has 1 rings (SSSR count). The van der Waals surface area contributed by atoms with Crippen LogP contribution in [0.1, 0.15) is 62.2 Å². The van der Waals surface area contributed by atoms with E-state index in [0.717, 1.165) is 19.3 Å². The summed E-state index contributed by atoms with van der Waals surface area (Å²) < 4.78 is 20.3. The molecule has 0 aromatic heterocycles. The lowest BCUT2D eigenvalue weighted by Crippen LogP contribution is -2.06. The molecule has 0 spiro atoms. The van der Waals surface area contributed by atoms with Crippen molar-refractivity contribution in [3.8, 4) is 5.75 Å². The third kappa shape index (κ3) is 9.39. The Labute approximate surface area is 137 Å². The Hall–Kier alpha value is -1.36. The van der Waals surface area contributed by atoms with Crippen LogP contribution in [0.4, 0.5) is 0 Å². The minimum atomic E-state index is -4.58. The minimum Gasteiger partial charge on any atom is -0.462 e. The Morgan fingerprint density at radius 2 is 1.57 bits per heavy atom. The molecule has 0 heterocycles. The summed E-state index contributed by atoms with van der Waals surface area (Å²) in [6.45, 7) is 2.57. The second kappa shape index (κ2) is 10.4. The van der Waals surface area contributed by atoms with E-state index in [4.69, 9.17) is 14.5 Å². The topological polar surface area (TPSA) is 93.1 Å². The number of esters is 1. The van der Waals surface area contributed by atoms with Gasteiger partial charge in [0.05, 0.1) is 12.2 Å². The predicted molar refractivity (Wildman–Crippen MR) is 87.4 cm³/mol. The Morgan fingerprint density at radius 1 is 1.00 bits per heavy atom. The lowest BCUT2D eigenvalue weighted by atomic mass is 10.1. The monoisotopic (exact) mass is 344 g/mol. The van der Waals surface area contributed by atoms with Crippen LogP contribution in [0.25, 0.3) is 0 Å². The summed E-state index contributed by atoms with van der Waals surface area (Å²) in [5.74, 6) is -0.444. The van der Waals surface area contributed by atoms with Crippen molar-refractivity contribution in [1.29, 1.82) is 0 Å². The van der Waals surface area contributed by atoms with E-state index in [-0.39, 0.29) is 5.75 Å². The van der Waals surface area contributed by atoms with Crippen LogP contribution >= 0.6 is 7.82 Å². The van der Waals surface area contributed by atoms with Gasteiger partial charge in [0.1, 0.15) is 5.75 Å². The molecule has 6 nitrogen and oxygen atoms in total. The molecule has 0 saturated carbocycles. The van der Waals surface area contributed by atoms with Gasteiger partial charge in [-0.25, -0.2) is 9.36 Å². The van der Waals surface area contributed by atoms with Crippen molar-refractivity contribution < 1.29 is 28.4 Å². The molecular formula is C16H25O6P. The lowest BCUT2D eigenvalue weighted by Gasteiger charge is -2.08. The van der Waals surface area contributed by atoms with E-state index in [9.17, 15) is 9.36 Å². The minimum absolute atomic E-state index is 0.00182. The molecule has 1 aromatic carbocycles. The van der Waals surface area contributed by atoms with Gasteiger partial charge in [0.25, 0.3) is 0 Å². The maximum Gasteiger partial charge on any atom is 0.524 e. The third-order valence-corrected chi connectivity index (χ3v) is 3.74. The summed E-state index contributed by atoms with van der Waals surface area (Å²) in [4.78, 5) is 29.2. The zero-order chi connectivity index (χ0) is 17.1. The van der Waals surface area contributed by atoms with Gasteiger partial charge in [-0.2, -0.15) is 0 Å². The number of carbonyl (C=O) groups is 1. The molecule has 0 saturated heterocycles. The first kappa shape index (κ1) is 19.7. The van der Waals surface area contributed by atoms with Crippen LogP contribution in [0.3, 0.4) is 0 Å². The molecule has 0 aliphatic rings. The number of phosphoric ester groups is 1. The molecule has 0 aliphatic heterocycles. The molecular weight excluding hydrogens is 319 g/mol. The van der Waals surface area contributed by atoms with E-state index in [0.29, 0.717) is 12.2 Å². The third-order valence-electron chi connectivity index (χ3n) is 3.30. The van der Waals surface area contributed by atoms with E-state index < -0.39 is 13.8 Å². The van der Waals surface area contributed by atoms with E-state index in [2.05, 4.69) is 11.4 Å². The van der Waals surface area contributed by atoms with Gasteiger partial charge in [0.15, 0.2) is 0 Å². The van der Waals surface area contributed by atoms with Gasteiger partial charge in [-0.05, 0) is 30.7 Å². The SMILES string of the molecule is CCCCCCCCCOC(=O)c1ccc(OP(=O)(O)O)cc1. The standard InChI is InChI=1S/C16H25O6P/c1-2-3-4-5-6-7-8-13-21-16(17)14-9-11-15(12-10-14)22-23(18,19)20/h9-12H,2-8,13H2,1H3,(H2,18,19,20). The van der Waals surface area contributed by atoms with Crippen LogP contribution in [0, 0.1) is 0 Å². The van der Waals surface area contributed by atoms with Crippen LogP contribution < -0.4 is 4.52 Å². The van der Waals surface area contributed by atoms with Crippen LogP contribution in [-0.4, -0.2) is 22.4 Å². The molecule has 0 bridgehead atoms. The fraction of sp³-hybridized carbons (Fsp3) is 0.562. The summed E-state index contributed by atoms with van der Waals surface area (Å²) in [6, 6.07) is 5.48. The highest BCUT2D eigenvalue weighted by molar-refractivity contribution is 7.46.